The second kappa shape index (κ2) is 5.72. The first-order valence-corrected chi connectivity index (χ1v) is 8.39. The van der Waals surface area contributed by atoms with Crippen LogP contribution in [-0.4, -0.2) is 19.7 Å². The Morgan fingerprint density at radius 1 is 1.21 bits per heavy atom. The predicted octanol–water partition coefficient (Wildman–Crippen LogP) is 3.76. The summed E-state index contributed by atoms with van der Waals surface area (Å²) in [4.78, 5) is 9.01. The van der Waals surface area contributed by atoms with Gasteiger partial charge < -0.3 is 0 Å². The molecule has 3 aromatic heterocycles. The number of hydrogen-bond donors (Lipinski definition) is 0. The van der Waals surface area contributed by atoms with Crippen LogP contribution < -0.4 is 0 Å². The maximum atomic E-state index is 9.00. The minimum atomic E-state index is 0.464. The summed E-state index contributed by atoms with van der Waals surface area (Å²) in [6.45, 7) is 4.42. The maximum Gasteiger partial charge on any atom is 0.164 e. The second-order valence-electron chi connectivity index (χ2n) is 6.85. The van der Waals surface area contributed by atoms with Crippen molar-refractivity contribution in [3.05, 3.63) is 47.4 Å². The van der Waals surface area contributed by atoms with Gasteiger partial charge in [0, 0.05) is 17.8 Å². The molecule has 0 spiro atoms. The van der Waals surface area contributed by atoms with Gasteiger partial charge in [-0.1, -0.05) is 13.8 Å². The fraction of sp³-hybridized carbons (Fsp3) is 0.368. The molecule has 0 aliphatic heterocycles. The van der Waals surface area contributed by atoms with E-state index in [1.165, 1.54) is 24.0 Å². The molecule has 5 nitrogen and oxygen atoms in total. The third-order valence-corrected chi connectivity index (χ3v) is 4.59. The Bertz CT molecular complexity index is 944. The lowest BCUT2D eigenvalue weighted by Crippen LogP contribution is -2.06. The van der Waals surface area contributed by atoms with E-state index < -0.39 is 0 Å². The van der Waals surface area contributed by atoms with Crippen LogP contribution in [0.4, 0.5) is 0 Å². The Hall–Kier alpha value is -2.74. The van der Waals surface area contributed by atoms with Crippen LogP contribution in [0.5, 0.6) is 0 Å². The monoisotopic (exact) mass is 317 g/mol. The summed E-state index contributed by atoms with van der Waals surface area (Å²) in [7, 11) is 0. The molecule has 3 aromatic rings. The molecule has 0 N–H and O–H groups in total. The van der Waals surface area contributed by atoms with E-state index in [0.29, 0.717) is 11.5 Å². The van der Waals surface area contributed by atoms with Gasteiger partial charge in [0.05, 0.1) is 11.8 Å². The van der Waals surface area contributed by atoms with Gasteiger partial charge in [-0.15, -0.1) is 0 Å². The molecule has 120 valence electrons. The zero-order chi connectivity index (χ0) is 16.7. The van der Waals surface area contributed by atoms with E-state index in [1.54, 1.807) is 23.1 Å². The largest absolute Gasteiger partial charge is 0.237 e. The fourth-order valence-electron chi connectivity index (χ4n) is 3.09. The average Bonchev–Trinajstić information content (AvgIpc) is 3.30. The number of rotatable bonds is 4. The van der Waals surface area contributed by atoms with Gasteiger partial charge in [0.25, 0.3) is 0 Å². The molecule has 0 aromatic carbocycles. The van der Waals surface area contributed by atoms with Crippen LogP contribution in [0.1, 0.15) is 49.3 Å². The van der Waals surface area contributed by atoms with Crippen molar-refractivity contribution in [1.29, 1.82) is 5.26 Å². The Morgan fingerprint density at radius 2 is 2.04 bits per heavy atom. The summed E-state index contributed by atoms with van der Waals surface area (Å²) in [6, 6.07) is 6.07. The molecular formula is C19H19N5. The lowest BCUT2D eigenvalue weighted by atomic mass is 9.96. The molecule has 1 fully saturated rings. The van der Waals surface area contributed by atoms with Gasteiger partial charge in [0.2, 0.25) is 0 Å². The molecule has 1 aliphatic carbocycles. The Morgan fingerprint density at radius 3 is 2.75 bits per heavy atom. The van der Waals surface area contributed by atoms with E-state index >= 15 is 0 Å². The van der Waals surface area contributed by atoms with Crippen LogP contribution in [0.25, 0.3) is 16.9 Å². The van der Waals surface area contributed by atoms with Crippen LogP contribution in [0, 0.1) is 17.2 Å². The van der Waals surface area contributed by atoms with Crippen molar-refractivity contribution in [2.45, 2.75) is 39.0 Å². The summed E-state index contributed by atoms with van der Waals surface area (Å²) in [6.07, 6.45) is 9.08. The van der Waals surface area contributed by atoms with Gasteiger partial charge in [-0.3, -0.25) is 0 Å². The lowest BCUT2D eigenvalue weighted by molar-refractivity contribution is 0.767. The van der Waals surface area contributed by atoms with Gasteiger partial charge >= 0.3 is 0 Å². The summed E-state index contributed by atoms with van der Waals surface area (Å²) in [5, 5.41) is 14.3. The zero-order valence-electron chi connectivity index (χ0n) is 13.9. The van der Waals surface area contributed by atoms with Crippen molar-refractivity contribution in [3.63, 3.8) is 0 Å². The average molecular weight is 317 g/mol. The summed E-state index contributed by atoms with van der Waals surface area (Å²) in [5.41, 5.74) is 3.97. The van der Waals surface area contributed by atoms with Crippen LogP contribution in [0.15, 0.2) is 30.7 Å². The topological polar surface area (TPSA) is 67.4 Å². The molecule has 1 saturated carbocycles. The molecule has 3 heterocycles. The van der Waals surface area contributed by atoms with Crippen molar-refractivity contribution in [3.8, 4) is 11.9 Å². The summed E-state index contributed by atoms with van der Waals surface area (Å²) < 4.78 is 1.76. The molecule has 0 atom stereocenters. The third-order valence-electron chi connectivity index (χ3n) is 4.59. The molecule has 0 radical (unpaired) electrons. The minimum Gasteiger partial charge on any atom is -0.237 e. The molecule has 0 unspecified atom stereocenters. The van der Waals surface area contributed by atoms with Crippen molar-refractivity contribution in [1.82, 2.24) is 19.7 Å². The minimum absolute atomic E-state index is 0.464. The molecular weight excluding hydrogens is 298 g/mol. The predicted molar refractivity (Wildman–Crippen MR) is 91.9 cm³/mol. The number of nitrogens with zero attached hydrogens (tertiary/aromatic N) is 5. The fourth-order valence-corrected chi connectivity index (χ4v) is 3.09. The van der Waals surface area contributed by atoms with Gasteiger partial charge in [-0.25, -0.2) is 9.97 Å². The molecule has 0 amide bonds. The van der Waals surface area contributed by atoms with Crippen molar-refractivity contribution < 1.29 is 0 Å². The highest BCUT2D eigenvalue weighted by Crippen LogP contribution is 2.35. The Balaban J connectivity index is 1.80. The number of pyridine rings is 2. The van der Waals surface area contributed by atoms with Crippen LogP contribution in [-0.2, 0) is 6.42 Å². The van der Waals surface area contributed by atoms with Crippen LogP contribution >= 0.6 is 0 Å². The number of fused-ring (bicyclic) bond motifs is 1. The smallest absolute Gasteiger partial charge is 0.164 e. The quantitative estimate of drug-likeness (QED) is 0.734. The Labute approximate surface area is 141 Å². The second-order valence-corrected chi connectivity index (χ2v) is 6.85. The SMILES string of the molecule is CC(C)c1cnc(-n2ncc3cc(C#N)cnc32)cc1CC1CC1. The molecule has 5 heteroatoms. The first-order valence-electron chi connectivity index (χ1n) is 8.39. The number of nitriles is 1. The zero-order valence-corrected chi connectivity index (χ0v) is 13.9. The summed E-state index contributed by atoms with van der Waals surface area (Å²) >= 11 is 0. The van der Waals surface area contributed by atoms with E-state index in [0.717, 1.165) is 29.2 Å². The lowest BCUT2D eigenvalue weighted by Gasteiger charge is -2.14. The van der Waals surface area contributed by atoms with E-state index in [4.69, 9.17) is 5.26 Å². The molecule has 0 saturated heterocycles. The van der Waals surface area contributed by atoms with Gasteiger partial charge in [-0.2, -0.15) is 15.0 Å². The first-order chi connectivity index (χ1) is 11.7. The summed E-state index contributed by atoms with van der Waals surface area (Å²) in [5.74, 6) is 2.08. The molecule has 1 aliphatic rings. The van der Waals surface area contributed by atoms with E-state index in [2.05, 4.69) is 41.0 Å². The first kappa shape index (κ1) is 14.8. The maximum absolute atomic E-state index is 9.00. The van der Waals surface area contributed by atoms with Crippen LogP contribution in [0.3, 0.4) is 0 Å². The van der Waals surface area contributed by atoms with Crippen LogP contribution in [0.2, 0.25) is 0 Å². The Kier molecular flexibility index (Phi) is 3.53. The van der Waals surface area contributed by atoms with Crippen molar-refractivity contribution >= 4 is 11.0 Å². The highest BCUT2D eigenvalue weighted by atomic mass is 15.3. The highest BCUT2D eigenvalue weighted by Gasteiger charge is 2.24. The van der Waals surface area contributed by atoms with Gasteiger partial charge in [0.1, 0.15) is 6.07 Å². The molecule has 24 heavy (non-hydrogen) atoms. The number of hydrogen-bond acceptors (Lipinski definition) is 4. The van der Waals surface area contributed by atoms with Crippen molar-refractivity contribution in [2.24, 2.45) is 5.92 Å². The normalized spacial score (nSPS) is 14.2. The van der Waals surface area contributed by atoms with E-state index in [1.807, 2.05) is 6.20 Å². The van der Waals surface area contributed by atoms with Gasteiger partial charge in [-0.05, 0) is 54.4 Å². The number of aromatic nitrogens is 4. The molecule has 4 rings (SSSR count). The van der Waals surface area contributed by atoms with E-state index in [-0.39, 0.29) is 0 Å². The standard InChI is InChI=1S/C19H19N5/c1-12(2)17-11-21-18(7-15(17)5-13-3-4-13)24-19-16(10-23-24)6-14(8-20)9-22-19/h6-7,9-13H,3-5H2,1-2H3. The van der Waals surface area contributed by atoms with Gasteiger partial charge in [0.15, 0.2) is 11.5 Å². The van der Waals surface area contributed by atoms with Crippen molar-refractivity contribution in [2.75, 3.05) is 0 Å². The third kappa shape index (κ3) is 2.65. The molecule has 0 bridgehead atoms. The van der Waals surface area contributed by atoms with E-state index in [9.17, 15) is 0 Å². The highest BCUT2D eigenvalue weighted by molar-refractivity contribution is 5.77.